The van der Waals surface area contributed by atoms with Gasteiger partial charge < -0.3 is 0 Å². The van der Waals surface area contributed by atoms with Crippen molar-refractivity contribution in [3.05, 3.63) is 58.3 Å². The summed E-state index contributed by atoms with van der Waals surface area (Å²) in [6.07, 6.45) is 1.13. The van der Waals surface area contributed by atoms with Crippen molar-refractivity contribution >= 4 is 27.3 Å². The third kappa shape index (κ3) is 2.93. The average molecular weight is 281 g/mol. The fourth-order valence-electron chi connectivity index (χ4n) is 1.66. The second-order valence-corrected chi connectivity index (χ2v) is 5.23. The van der Waals surface area contributed by atoms with Gasteiger partial charge in [-0.2, -0.15) is 0 Å². The molecule has 0 aliphatic carbocycles. The summed E-state index contributed by atoms with van der Waals surface area (Å²) in [4.78, 5) is 1.46. The number of thiophene rings is 1. The zero-order valence-corrected chi connectivity index (χ0v) is 10.8. The first-order chi connectivity index (χ1) is 7.40. The normalized spacial score (nSPS) is 12.6. The first kappa shape index (κ1) is 10.9. The molecule has 0 amide bonds. The van der Waals surface area contributed by atoms with E-state index >= 15 is 0 Å². The average Bonchev–Trinajstić information content (AvgIpc) is 2.80. The molecule has 2 rings (SSSR count). The molecule has 1 unspecified atom stereocenters. The molecule has 2 aromatic rings. The molecule has 15 heavy (non-hydrogen) atoms. The van der Waals surface area contributed by atoms with E-state index in [1.807, 2.05) is 11.3 Å². The third-order valence-corrected chi connectivity index (χ3v) is 4.17. The molecular weight excluding hydrogens is 268 g/mol. The number of halogens is 1. The molecule has 0 N–H and O–H groups in total. The lowest BCUT2D eigenvalue weighted by atomic mass is 9.97. The topological polar surface area (TPSA) is 0 Å². The summed E-state index contributed by atoms with van der Waals surface area (Å²) < 4.78 is 0. The summed E-state index contributed by atoms with van der Waals surface area (Å²) in [7, 11) is 0. The lowest BCUT2D eigenvalue weighted by Gasteiger charge is -2.13. The van der Waals surface area contributed by atoms with Gasteiger partial charge in [-0.3, -0.25) is 0 Å². The van der Waals surface area contributed by atoms with E-state index in [4.69, 9.17) is 0 Å². The Balaban J connectivity index is 2.12. The molecule has 1 aromatic heterocycles. The van der Waals surface area contributed by atoms with Crippen LogP contribution in [0.25, 0.3) is 0 Å². The largest absolute Gasteiger partial charge is 0.149 e. The van der Waals surface area contributed by atoms with Gasteiger partial charge in [0.1, 0.15) is 0 Å². The monoisotopic (exact) mass is 280 g/mol. The van der Waals surface area contributed by atoms with Gasteiger partial charge in [0.05, 0.1) is 0 Å². The molecule has 0 bridgehead atoms. The van der Waals surface area contributed by atoms with Crippen LogP contribution in [-0.4, -0.2) is 5.33 Å². The molecule has 0 nitrogen and oxygen atoms in total. The Kier molecular flexibility index (Phi) is 3.98. The highest BCUT2D eigenvalue weighted by atomic mass is 79.9. The van der Waals surface area contributed by atoms with Crippen molar-refractivity contribution in [3.63, 3.8) is 0 Å². The highest BCUT2D eigenvalue weighted by molar-refractivity contribution is 9.09. The predicted octanol–water partition coefficient (Wildman–Crippen LogP) is 4.47. The minimum Gasteiger partial charge on any atom is -0.149 e. The molecule has 0 aliphatic heterocycles. The number of hydrogen-bond donors (Lipinski definition) is 0. The molecule has 0 spiro atoms. The Bertz CT molecular complexity index is 380. The van der Waals surface area contributed by atoms with Gasteiger partial charge in [0.2, 0.25) is 0 Å². The van der Waals surface area contributed by atoms with Crippen LogP contribution in [0, 0.1) is 0 Å². The molecule has 1 atom stereocenters. The van der Waals surface area contributed by atoms with E-state index in [2.05, 4.69) is 63.8 Å². The van der Waals surface area contributed by atoms with Crippen LogP contribution in [0.4, 0.5) is 0 Å². The van der Waals surface area contributed by atoms with Gasteiger partial charge in [0, 0.05) is 10.2 Å². The molecule has 1 heterocycles. The minimum absolute atomic E-state index is 0.588. The second-order valence-electron chi connectivity index (χ2n) is 3.55. The smallest absolute Gasteiger partial charge is 0.0104 e. The Hall–Kier alpha value is -0.600. The van der Waals surface area contributed by atoms with Gasteiger partial charge in [-0.1, -0.05) is 52.3 Å². The fourth-order valence-corrected chi connectivity index (χ4v) is 3.05. The Morgan fingerprint density at radius 1 is 1.07 bits per heavy atom. The number of hydrogen-bond acceptors (Lipinski definition) is 1. The van der Waals surface area contributed by atoms with Gasteiger partial charge in [-0.25, -0.2) is 0 Å². The molecule has 0 radical (unpaired) electrons. The van der Waals surface area contributed by atoms with Gasteiger partial charge in [-0.15, -0.1) is 11.3 Å². The van der Waals surface area contributed by atoms with Crippen LogP contribution in [0.15, 0.2) is 47.8 Å². The van der Waals surface area contributed by atoms with E-state index in [1.165, 1.54) is 10.4 Å². The van der Waals surface area contributed by atoms with E-state index in [1.54, 1.807) is 0 Å². The Morgan fingerprint density at radius 3 is 2.47 bits per heavy atom. The van der Waals surface area contributed by atoms with Crippen LogP contribution < -0.4 is 0 Å². The SMILES string of the molecule is BrCC(Cc1cccs1)c1ccccc1. The van der Waals surface area contributed by atoms with E-state index in [-0.39, 0.29) is 0 Å². The number of benzene rings is 1. The summed E-state index contributed by atoms with van der Waals surface area (Å²) in [5.41, 5.74) is 1.42. The van der Waals surface area contributed by atoms with Crippen molar-refractivity contribution in [2.45, 2.75) is 12.3 Å². The van der Waals surface area contributed by atoms with Crippen molar-refractivity contribution in [3.8, 4) is 0 Å². The summed E-state index contributed by atoms with van der Waals surface area (Å²) in [5.74, 6) is 0.588. The van der Waals surface area contributed by atoms with E-state index in [0.29, 0.717) is 5.92 Å². The fraction of sp³-hybridized carbons (Fsp3) is 0.231. The molecule has 0 saturated carbocycles. The first-order valence-corrected chi connectivity index (χ1v) is 7.03. The standard InChI is InChI=1S/C13H13BrS/c14-10-12(9-13-7-4-8-15-13)11-5-2-1-3-6-11/h1-8,12H,9-10H2. The van der Waals surface area contributed by atoms with E-state index < -0.39 is 0 Å². The quantitative estimate of drug-likeness (QED) is 0.725. The third-order valence-electron chi connectivity index (χ3n) is 2.48. The predicted molar refractivity (Wildman–Crippen MR) is 71.0 cm³/mol. The minimum atomic E-state index is 0.588. The Labute approximate surface area is 103 Å². The molecule has 2 heteroatoms. The molecule has 0 aliphatic rings. The van der Waals surface area contributed by atoms with Gasteiger partial charge in [0.15, 0.2) is 0 Å². The second kappa shape index (κ2) is 5.47. The first-order valence-electron chi connectivity index (χ1n) is 5.03. The van der Waals surface area contributed by atoms with Crippen LogP contribution in [0.3, 0.4) is 0 Å². The van der Waals surface area contributed by atoms with Crippen molar-refractivity contribution in [2.24, 2.45) is 0 Å². The maximum Gasteiger partial charge on any atom is 0.0104 e. The Morgan fingerprint density at radius 2 is 1.87 bits per heavy atom. The highest BCUT2D eigenvalue weighted by Crippen LogP contribution is 2.24. The van der Waals surface area contributed by atoms with Crippen LogP contribution >= 0.6 is 27.3 Å². The lowest BCUT2D eigenvalue weighted by Crippen LogP contribution is -2.02. The van der Waals surface area contributed by atoms with Crippen molar-refractivity contribution in [1.29, 1.82) is 0 Å². The van der Waals surface area contributed by atoms with Crippen LogP contribution in [0.5, 0.6) is 0 Å². The van der Waals surface area contributed by atoms with Crippen molar-refractivity contribution < 1.29 is 0 Å². The van der Waals surface area contributed by atoms with E-state index in [9.17, 15) is 0 Å². The highest BCUT2D eigenvalue weighted by Gasteiger charge is 2.10. The summed E-state index contributed by atoms with van der Waals surface area (Å²) in [5, 5.41) is 3.17. The molecular formula is C13H13BrS. The van der Waals surface area contributed by atoms with Crippen molar-refractivity contribution in [2.75, 3.05) is 5.33 Å². The molecule has 0 saturated heterocycles. The molecule has 0 fully saturated rings. The van der Waals surface area contributed by atoms with Gasteiger partial charge >= 0.3 is 0 Å². The van der Waals surface area contributed by atoms with E-state index in [0.717, 1.165) is 11.8 Å². The zero-order chi connectivity index (χ0) is 10.5. The van der Waals surface area contributed by atoms with Crippen LogP contribution in [0.2, 0.25) is 0 Å². The lowest BCUT2D eigenvalue weighted by molar-refractivity contribution is 0.786. The van der Waals surface area contributed by atoms with Crippen molar-refractivity contribution in [1.82, 2.24) is 0 Å². The molecule has 1 aromatic carbocycles. The summed E-state index contributed by atoms with van der Waals surface area (Å²) >= 11 is 5.44. The zero-order valence-electron chi connectivity index (χ0n) is 8.40. The van der Waals surface area contributed by atoms with Crippen LogP contribution in [0.1, 0.15) is 16.4 Å². The van der Waals surface area contributed by atoms with Gasteiger partial charge in [-0.05, 0) is 29.3 Å². The number of alkyl halides is 1. The summed E-state index contributed by atoms with van der Waals surface area (Å²) in [6, 6.07) is 15.0. The van der Waals surface area contributed by atoms with Gasteiger partial charge in [0.25, 0.3) is 0 Å². The van der Waals surface area contributed by atoms with Crippen LogP contribution in [-0.2, 0) is 6.42 Å². The number of rotatable bonds is 4. The maximum atomic E-state index is 3.60. The maximum absolute atomic E-state index is 3.60. The summed E-state index contributed by atoms with van der Waals surface area (Å²) in [6.45, 7) is 0. The molecule has 78 valence electrons.